The number of piperazine rings is 1. The van der Waals surface area contributed by atoms with Crippen molar-refractivity contribution in [3.05, 3.63) is 53.9 Å². The van der Waals surface area contributed by atoms with E-state index in [2.05, 4.69) is 27.4 Å². The molecule has 3 rings (SSSR count). The van der Waals surface area contributed by atoms with Crippen molar-refractivity contribution in [1.29, 1.82) is 0 Å². The molecule has 1 aromatic carbocycles. The highest BCUT2D eigenvalue weighted by molar-refractivity contribution is 5.88. The molecule has 1 aliphatic rings. The van der Waals surface area contributed by atoms with Crippen molar-refractivity contribution in [2.45, 2.75) is 32.4 Å². The predicted octanol–water partition coefficient (Wildman–Crippen LogP) is 1.08. The first-order valence-corrected chi connectivity index (χ1v) is 9.84. The quantitative estimate of drug-likeness (QED) is 0.777. The van der Waals surface area contributed by atoms with Crippen LogP contribution in [0.15, 0.2) is 42.6 Å². The third kappa shape index (κ3) is 4.98. The summed E-state index contributed by atoms with van der Waals surface area (Å²) in [4.78, 5) is 29.3. The number of aromatic nitrogens is 2. The highest BCUT2D eigenvalue weighted by Crippen LogP contribution is 2.14. The van der Waals surface area contributed by atoms with Crippen LogP contribution in [0.5, 0.6) is 0 Å². The highest BCUT2D eigenvalue weighted by Gasteiger charge is 2.34. The van der Waals surface area contributed by atoms with E-state index >= 15 is 0 Å². The van der Waals surface area contributed by atoms with Crippen LogP contribution < -0.4 is 5.32 Å². The Balaban J connectivity index is 1.58. The summed E-state index contributed by atoms with van der Waals surface area (Å²) in [6, 6.07) is 11.8. The third-order valence-corrected chi connectivity index (χ3v) is 5.36. The van der Waals surface area contributed by atoms with Crippen LogP contribution in [-0.4, -0.2) is 70.7 Å². The largest absolute Gasteiger partial charge is 0.357 e. The number of benzene rings is 1. The summed E-state index contributed by atoms with van der Waals surface area (Å²) in [6.45, 7) is 5.31. The summed E-state index contributed by atoms with van der Waals surface area (Å²) in [5, 5.41) is 6.94. The van der Waals surface area contributed by atoms with Gasteiger partial charge in [0.2, 0.25) is 11.8 Å². The Morgan fingerprint density at radius 3 is 2.61 bits per heavy atom. The van der Waals surface area contributed by atoms with Gasteiger partial charge in [-0.2, -0.15) is 5.10 Å². The average molecular weight is 383 g/mol. The molecule has 0 saturated carbocycles. The van der Waals surface area contributed by atoms with Crippen molar-refractivity contribution in [2.75, 3.05) is 33.2 Å². The van der Waals surface area contributed by atoms with Gasteiger partial charge in [-0.1, -0.05) is 30.3 Å². The molecule has 150 valence electrons. The first-order chi connectivity index (χ1) is 13.6. The SMILES string of the molecule is CNC(=O)C1CN(CCc2ccccc2)CCN1C(=O)CCn1nccc1C. The second-order valence-electron chi connectivity index (χ2n) is 7.20. The van der Waals surface area contributed by atoms with E-state index in [1.165, 1.54) is 5.56 Å². The number of amides is 2. The van der Waals surface area contributed by atoms with Crippen LogP contribution in [-0.2, 0) is 22.6 Å². The lowest BCUT2D eigenvalue weighted by molar-refractivity contribution is -0.144. The average Bonchev–Trinajstić information content (AvgIpc) is 3.15. The maximum Gasteiger partial charge on any atom is 0.243 e. The van der Waals surface area contributed by atoms with Gasteiger partial charge in [-0.3, -0.25) is 19.2 Å². The Hall–Kier alpha value is -2.67. The second-order valence-corrected chi connectivity index (χ2v) is 7.20. The molecule has 1 aromatic heterocycles. The summed E-state index contributed by atoms with van der Waals surface area (Å²) in [5.74, 6) is -0.0979. The van der Waals surface area contributed by atoms with E-state index in [4.69, 9.17) is 0 Å². The van der Waals surface area contributed by atoms with Gasteiger partial charge in [0.25, 0.3) is 0 Å². The molecule has 28 heavy (non-hydrogen) atoms. The zero-order chi connectivity index (χ0) is 19.9. The van der Waals surface area contributed by atoms with Gasteiger partial charge in [0, 0.05) is 58.1 Å². The molecule has 7 heteroatoms. The van der Waals surface area contributed by atoms with Gasteiger partial charge in [0.1, 0.15) is 6.04 Å². The molecule has 1 unspecified atom stereocenters. The molecule has 0 bridgehead atoms. The molecule has 0 aliphatic carbocycles. The molecular formula is C21H29N5O2. The van der Waals surface area contributed by atoms with Crippen LogP contribution in [0.3, 0.4) is 0 Å². The molecule has 2 aromatic rings. The lowest BCUT2D eigenvalue weighted by Crippen LogP contribution is -2.60. The zero-order valence-corrected chi connectivity index (χ0v) is 16.7. The van der Waals surface area contributed by atoms with Crippen LogP contribution in [0.4, 0.5) is 0 Å². The molecule has 1 saturated heterocycles. The number of carbonyl (C=O) groups is 2. The van der Waals surface area contributed by atoms with Gasteiger partial charge in [-0.05, 0) is 25.0 Å². The second kappa shape index (κ2) is 9.50. The molecule has 1 N–H and O–H groups in total. The molecule has 0 spiro atoms. The van der Waals surface area contributed by atoms with E-state index < -0.39 is 6.04 Å². The maximum atomic E-state index is 12.8. The van der Waals surface area contributed by atoms with Crippen LogP contribution in [0, 0.1) is 6.92 Å². The third-order valence-electron chi connectivity index (χ3n) is 5.36. The molecule has 2 heterocycles. The zero-order valence-electron chi connectivity index (χ0n) is 16.7. The van der Waals surface area contributed by atoms with Crippen molar-refractivity contribution in [3.8, 4) is 0 Å². The summed E-state index contributed by atoms with van der Waals surface area (Å²) < 4.78 is 1.82. The van der Waals surface area contributed by atoms with Crippen molar-refractivity contribution in [1.82, 2.24) is 24.9 Å². The van der Waals surface area contributed by atoms with Gasteiger partial charge in [-0.25, -0.2) is 0 Å². The van der Waals surface area contributed by atoms with Gasteiger partial charge >= 0.3 is 0 Å². The lowest BCUT2D eigenvalue weighted by atomic mass is 10.1. The van der Waals surface area contributed by atoms with Crippen molar-refractivity contribution in [3.63, 3.8) is 0 Å². The first kappa shape index (κ1) is 20.1. The predicted molar refractivity (Wildman–Crippen MR) is 108 cm³/mol. The van der Waals surface area contributed by atoms with Crippen LogP contribution in [0.25, 0.3) is 0 Å². The van der Waals surface area contributed by atoms with Crippen molar-refractivity contribution < 1.29 is 9.59 Å². The van der Waals surface area contributed by atoms with Gasteiger partial charge in [0.15, 0.2) is 0 Å². The van der Waals surface area contributed by atoms with Crippen molar-refractivity contribution >= 4 is 11.8 Å². The number of aryl methyl sites for hydroxylation is 2. The number of hydrogen-bond donors (Lipinski definition) is 1. The highest BCUT2D eigenvalue weighted by atomic mass is 16.2. The summed E-state index contributed by atoms with van der Waals surface area (Å²) in [5.41, 5.74) is 2.31. The van der Waals surface area contributed by atoms with Gasteiger partial charge in [-0.15, -0.1) is 0 Å². The Kier molecular flexibility index (Phi) is 6.81. The number of nitrogens with one attached hydrogen (secondary N) is 1. The molecule has 1 aliphatic heterocycles. The van der Waals surface area contributed by atoms with Gasteiger partial charge in [0.05, 0.1) is 0 Å². The Bertz CT molecular complexity index is 789. The van der Waals surface area contributed by atoms with E-state index in [1.807, 2.05) is 35.9 Å². The van der Waals surface area contributed by atoms with Crippen molar-refractivity contribution in [2.24, 2.45) is 0 Å². The molecule has 1 fully saturated rings. The fourth-order valence-corrected chi connectivity index (χ4v) is 3.64. The summed E-state index contributed by atoms with van der Waals surface area (Å²) >= 11 is 0. The Morgan fingerprint density at radius 2 is 1.93 bits per heavy atom. The van der Waals surface area contributed by atoms with Crippen LogP contribution >= 0.6 is 0 Å². The molecule has 7 nitrogen and oxygen atoms in total. The number of carbonyl (C=O) groups excluding carboxylic acids is 2. The van der Waals surface area contributed by atoms with Gasteiger partial charge < -0.3 is 10.2 Å². The van der Waals surface area contributed by atoms with Crippen LogP contribution in [0.2, 0.25) is 0 Å². The number of hydrogen-bond acceptors (Lipinski definition) is 4. The maximum absolute atomic E-state index is 12.8. The summed E-state index contributed by atoms with van der Waals surface area (Å²) in [6.07, 6.45) is 3.02. The smallest absolute Gasteiger partial charge is 0.243 e. The molecule has 1 atom stereocenters. The number of rotatable bonds is 7. The molecule has 0 radical (unpaired) electrons. The minimum absolute atomic E-state index is 0.00575. The lowest BCUT2D eigenvalue weighted by Gasteiger charge is -2.40. The standard InChI is InChI=1S/C21H29N5O2/c1-17-8-11-23-26(17)13-10-20(27)25-15-14-24(16-19(25)21(28)22-2)12-9-18-6-4-3-5-7-18/h3-8,11,19H,9-10,12-16H2,1-2H3,(H,22,28). The first-order valence-electron chi connectivity index (χ1n) is 9.84. The summed E-state index contributed by atoms with van der Waals surface area (Å²) in [7, 11) is 1.63. The topological polar surface area (TPSA) is 70.5 Å². The van der Waals surface area contributed by atoms with E-state index in [9.17, 15) is 9.59 Å². The molecular weight excluding hydrogens is 354 g/mol. The normalized spacial score (nSPS) is 17.5. The molecule has 2 amide bonds. The van der Waals surface area contributed by atoms with E-state index in [0.717, 1.165) is 25.2 Å². The monoisotopic (exact) mass is 383 g/mol. The minimum atomic E-state index is -0.444. The number of nitrogens with zero attached hydrogens (tertiary/aromatic N) is 4. The Labute approximate surface area is 166 Å². The van der Waals surface area contributed by atoms with E-state index in [-0.39, 0.29) is 11.8 Å². The number of likely N-dealkylation sites (N-methyl/N-ethyl adjacent to an activating group) is 1. The van der Waals surface area contributed by atoms with E-state index in [1.54, 1.807) is 18.1 Å². The minimum Gasteiger partial charge on any atom is -0.357 e. The Morgan fingerprint density at radius 1 is 1.14 bits per heavy atom. The fraction of sp³-hybridized carbons (Fsp3) is 0.476. The van der Waals surface area contributed by atoms with Crippen LogP contribution in [0.1, 0.15) is 17.7 Å². The van der Waals surface area contributed by atoms with E-state index in [0.29, 0.717) is 26.1 Å². The fourth-order valence-electron chi connectivity index (χ4n) is 3.64.